The average molecular weight is 716 g/mol. The van der Waals surface area contributed by atoms with Crippen LogP contribution in [0, 0.1) is 0 Å². The lowest BCUT2D eigenvalue weighted by molar-refractivity contribution is 0.0956. The van der Waals surface area contributed by atoms with Crippen molar-refractivity contribution in [2.24, 2.45) is 0 Å². The molecule has 0 aliphatic heterocycles. The van der Waals surface area contributed by atoms with Crippen LogP contribution in [0.25, 0.3) is 22.5 Å². The standard InChI is InChI=1S/C38H41N3O7S2/c1-38(2,3)32-17-13-28(14-18-32)34(23-26-9-11-29(12-10-26)37(42)39-21-22-50(45,46)47-4)35-25-36(48-40-35)31-8-6-7-30(24-31)27-15-19-33(20-16-27)41-49(5,43)44/h6-20,24-25,34,41H,21-23H2,1-5H3,(H,39,42). The van der Waals surface area contributed by atoms with Gasteiger partial charge in [-0.15, -0.1) is 0 Å². The van der Waals surface area contributed by atoms with Crippen molar-refractivity contribution in [1.82, 2.24) is 10.5 Å². The van der Waals surface area contributed by atoms with Gasteiger partial charge in [0.1, 0.15) is 0 Å². The van der Waals surface area contributed by atoms with Gasteiger partial charge in [0.2, 0.25) is 10.0 Å². The van der Waals surface area contributed by atoms with Crippen LogP contribution in [0.4, 0.5) is 5.69 Å². The molecule has 5 aromatic rings. The van der Waals surface area contributed by atoms with Gasteiger partial charge < -0.3 is 9.84 Å². The maximum atomic E-state index is 12.6. The van der Waals surface area contributed by atoms with Gasteiger partial charge >= 0.3 is 0 Å². The smallest absolute Gasteiger partial charge is 0.268 e. The molecule has 2 N–H and O–H groups in total. The molecule has 50 heavy (non-hydrogen) atoms. The minimum atomic E-state index is -3.67. The van der Waals surface area contributed by atoms with Crippen molar-refractivity contribution in [2.75, 3.05) is 30.4 Å². The lowest BCUT2D eigenvalue weighted by atomic mass is 9.83. The van der Waals surface area contributed by atoms with Crippen molar-refractivity contribution in [2.45, 2.75) is 38.5 Å². The third kappa shape index (κ3) is 9.68. The number of hydrogen-bond donors (Lipinski definition) is 2. The Balaban J connectivity index is 1.39. The zero-order valence-corrected chi connectivity index (χ0v) is 30.3. The number of carbonyl (C=O) groups is 1. The highest BCUT2D eigenvalue weighted by atomic mass is 32.2. The van der Waals surface area contributed by atoms with E-state index in [1.165, 1.54) is 5.56 Å². The molecule has 0 bridgehead atoms. The Morgan fingerprint density at radius 2 is 1.50 bits per heavy atom. The zero-order chi connectivity index (χ0) is 36.1. The van der Waals surface area contributed by atoms with Gasteiger partial charge in [0.15, 0.2) is 5.76 Å². The van der Waals surface area contributed by atoms with Crippen LogP contribution in [-0.4, -0.2) is 53.6 Å². The quantitative estimate of drug-likeness (QED) is 0.127. The summed E-state index contributed by atoms with van der Waals surface area (Å²) < 4.78 is 59.2. The van der Waals surface area contributed by atoms with E-state index in [1.807, 2.05) is 54.6 Å². The Morgan fingerprint density at radius 1 is 0.840 bits per heavy atom. The summed E-state index contributed by atoms with van der Waals surface area (Å²) in [6, 6.07) is 32.7. The molecule has 1 heterocycles. The number of nitrogens with one attached hydrogen (secondary N) is 2. The molecule has 0 radical (unpaired) electrons. The first-order valence-electron chi connectivity index (χ1n) is 16.0. The summed E-state index contributed by atoms with van der Waals surface area (Å²) in [7, 11) is -5.95. The maximum Gasteiger partial charge on any atom is 0.268 e. The highest BCUT2D eigenvalue weighted by Gasteiger charge is 2.22. The number of anilines is 1. The van der Waals surface area contributed by atoms with Gasteiger partial charge in [-0.3, -0.25) is 13.7 Å². The van der Waals surface area contributed by atoms with Gasteiger partial charge in [-0.2, -0.15) is 8.42 Å². The molecule has 1 aromatic heterocycles. The van der Waals surface area contributed by atoms with Crippen molar-refractivity contribution in [3.05, 3.63) is 131 Å². The number of nitrogens with zero attached hydrogens (tertiary/aromatic N) is 1. The van der Waals surface area contributed by atoms with Gasteiger partial charge in [0.05, 0.1) is 24.8 Å². The van der Waals surface area contributed by atoms with Crippen molar-refractivity contribution in [1.29, 1.82) is 0 Å². The molecule has 0 saturated heterocycles. The van der Waals surface area contributed by atoms with Crippen LogP contribution in [0.2, 0.25) is 0 Å². The highest BCUT2D eigenvalue weighted by Crippen LogP contribution is 2.34. The molecule has 1 unspecified atom stereocenters. The lowest BCUT2D eigenvalue weighted by Crippen LogP contribution is -2.29. The van der Waals surface area contributed by atoms with E-state index in [0.717, 1.165) is 46.9 Å². The number of benzene rings is 4. The molecule has 1 amide bonds. The number of aromatic nitrogens is 1. The fourth-order valence-corrected chi connectivity index (χ4v) is 6.58. The van der Waals surface area contributed by atoms with Crippen LogP contribution in [-0.2, 0) is 36.2 Å². The van der Waals surface area contributed by atoms with E-state index in [9.17, 15) is 21.6 Å². The van der Waals surface area contributed by atoms with E-state index >= 15 is 0 Å². The van der Waals surface area contributed by atoms with Crippen LogP contribution in [0.1, 0.15) is 59.4 Å². The molecule has 10 nitrogen and oxygen atoms in total. The normalized spacial score (nSPS) is 12.7. The molecular weight excluding hydrogens is 675 g/mol. The summed E-state index contributed by atoms with van der Waals surface area (Å²) in [6.45, 7) is 6.46. The van der Waals surface area contributed by atoms with E-state index in [1.54, 1.807) is 24.3 Å². The number of sulfonamides is 1. The first-order valence-corrected chi connectivity index (χ1v) is 19.5. The van der Waals surface area contributed by atoms with Gasteiger partial charge in [-0.25, -0.2) is 8.42 Å². The Morgan fingerprint density at radius 3 is 2.12 bits per heavy atom. The van der Waals surface area contributed by atoms with E-state index in [-0.39, 0.29) is 29.5 Å². The minimum absolute atomic E-state index is 0.00516. The summed E-state index contributed by atoms with van der Waals surface area (Å²) in [5, 5.41) is 7.14. The van der Waals surface area contributed by atoms with Crippen LogP contribution in [0.5, 0.6) is 0 Å². The van der Waals surface area contributed by atoms with Crippen LogP contribution >= 0.6 is 0 Å². The molecule has 0 aliphatic rings. The molecule has 0 aliphatic carbocycles. The van der Waals surface area contributed by atoms with Crippen molar-refractivity contribution in [3.63, 3.8) is 0 Å². The Kier molecular flexibility index (Phi) is 10.9. The van der Waals surface area contributed by atoms with Crippen LogP contribution in [0.3, 0.4) is 0 Å². The van der Waals surface area contributed by atoms with E-state index in [4.69, 9.17) is 4.52 Å². The molecule has 5 rings (SSSR count). The van der Waals surface area contributed by atoms with Crippen molar-refractivity contribution < 1.29 is 30.3 Å². The summed E-state index contributed by atoms with van der Waals surface area (Å²) in [4.78, 5) is 12.6. The second-order valence-electron chi connectivity index (χ2n) is 13.2. The molecule has 262 valence electrons. The summed E-state index contributed by atoms with van der Waals surface area (Å²) in [5.74, 6) is -0.234. The van der Waals surface area contributed by atoms with E-state index in [2.05, 4.69) is 64.4 Å². The summed E-state index contributed by atoms with van der Waals surface area (Å²) in [5.41, 5.74) is 7.61. The van der Waals surface area contributed by atoms with E-state index in [0.29, 0.717) is 23.4 Å². The Bertz CT molecular complexity index is 2150. The molecular formula is C38H41N3O7S2. The van der Waals surface area contributed by atoms with E-state index < -0.39 is 20.1 Å². The predicted octanol–water partition coefficient (Wildman–Crippen LogP) is 6.76. The first-order chi connectivity index (χ1) is 23.6. The number of amides is 1. The van der Waals surface area contributed by atoms with Crippen molar-refractivity contribution in [3.8, 4) is 22.5 Å². The van der Waals surface area contributed by atoms with Gasteiger partial charge in [0.25, 0.3) is 16.0 Å². The second-order valence-corrected chi connectivity index (χ2v) is 16.8. The van der Waals surface area contributed by atoms with Crippen molar-refractivity contribution >= 4 is 31.7 Å². The second kappa shape index (κ2) is 15.0. The largest absolute Gasteiger partial charge is 0.356 e. The average Bonchev–Trinajstić information content (AvgIpc) is 3.57. The third-order valence-corrected chi connectivity index (χ3v) is 10.1. The number of rotatable bonds is 13. The lowest BCUT2D eigenvalue weighted by Gasteiger charge is -2.21. The third-order valence-electron chi connectivity index (χ3n) is 8.28. The first kappa shape index (κ1) is 36.5. The molecule has 0 saturated carbocycles. The molecule has 0 fully saturated rings. The maximum absolute atomic E-state index is 12.6. The summed E-state index contributed by atoms with van der Waals surface area (Å²) in [6.07, 6.45) is 1.70. The highest BCUT2D eigenvalue weighted by molar-refractivity contribution is 7.92. The molecule has 4 aromatic carbocycles. The Labute approximate surface area is 294 Å². The summed E-state index contributed by atoms with van der Waals surface area (Å²) >= 11 is 0. The number of hydrogen-bond acceptors (Lipinski definition) is 8. The zero-order valence-electron chi connectivity index (χ0n) is 28.6. The number of carbonyl (C=O) groups excluding carboxylic acids is 1. The topological polar surface area (TPSA) is 145 Å². The van der Waals surface area contributed by atoms with Gasteiger partial charge in [-0.05, 0) is 70.0 Å². The predicted molar refractivity (Wildman–Crippen MR) is 196 cm³/mol. The van der Waals surface area contributed by atoms with Gasteiger partial charge in [-0.1, -0.05) is 92.7 Å². The van der Waals surface area contributed by atoms with Gasteiger partial charge in [0, 0.05) is 35.3 Å². The van der Waals surface area contributed by atoms with Crippen LogP contribution < -0.4 is 10.0 Å². The monoisotopic (exact) mass is 715 g/mol. The molecule has 12 heteroatoms. The Hall–Kier alpha value is -4.78. The molecule has 1 atom stereocenters. The van der Waals surface area contributed by atoms with Crippen LogP contribution in [0.15, 0.2) is 108 Å². The SMILES string of the molecule is COS(=O)(=O)CCNC(=O)c1ccc(CC(c2ccc(C(C)(C)C)cc2)c2cc(-c3cccc(-c4ccc(NS(C)(=O)=O)cc4)c3)on2)cc1. The minimum Gasteiger partial charge on any atom is -0.356 e. The molecule has 0 spiro atoms. The fraction of sp³-hybridized carbons (Fsp3) is 0.263. The fourth-order valence-electron chi connectivity index (χ4n) is 5.50.